The summed E-state index contributed by atoms with van der Waals surface area (Å²) in [5.41, 5.74) is 2.26. The molecule has 2 unspecified atom stereocenters. The molecule has 0 radical (unpaired) electrons. The number of aliphatic hydroxyl groups is 1. The first kappa shape index (κ1) is 16.3. The van der Waals surface area contributed by atoms with Crippen LogP contribution in [0.3, 0.4) is 0 Å². The van der Waals surface area contributed by atoms with E-state index in [1.54, 1.807) is 0 Å². The van der Waals surface area contributed by atoms with Gasteiger partial charge in [0.05, 0.1) is 6.61 Å². The molecule has 1 fully saturated rings. The Morgan fingerprint density at radius 3 is 2.76 bits per heavy atom. The molecule has 2 N–H and O–H groups in total. The predicted molar refractivity (Wildman–Crippen MR) is 86.9 cm³/mol. The van der Waals surface area contributed by atoms with Crippen molar-refractivity contribution in [1.29, 1.82) is 0 Å². The second-order valence-corrected chi connectivity index (χ2v) is 6.84. The van der Waals surface area contributed by atoms with Crippen LogP contribution in [0.1, 0.15) is 50.7 Å². The Morgan fingerprint density at radius 2 is 2.14 bits per heavy atom. The summed E-state index contributed by atoms with van der Waals surface area (Å²) in [5.74, 6) is 0.976. The standard InChI is InChI=1S/C18H29NO2/c1-13(2)19-18(12-20)9-5-6-16(11-18)21-17-8-7-14(3)10-15(17)4/h7-8,10,13,16,19-20H,5-6,9,11-12H2,1-4H3. The van der Waals surface area contributed by atoms with E-state index < -0.39 is 0 Å². The summed E-state index contributed by atoms with van der Waals surface area (Å²) < 4.78 is 6.23. The molecule has 0 aromatic heterocycles. The maximum absolute atomic E-state index is 9.85. The fourth-order valence-corrected chi connectivity index (χ4v) is 3.45. The molecule has 0 spiro atoms. The van der Waals surface area contributed by atoms with Crippen LogP contribution in [0, 0.1) is 13.8 Å². The van der Waals surface area contributed by atoms with Crippen LogP contribution in [0.25, 0.3) is 0 Å². The summed E-state index contributed by atoms with van der Waals surface area (Å²) in [7, 11) is 0. The molecule has 2 rings (SSSR count). The van der Waals surface area contributed by atoms with Crippen LogP contribution in [0.15, 0.2) is 18.2 Å². The quantitative estimate of drug-likeness (QED) is 0.874. The zero-order chi connectivity index (χ0) is 15.5. The van der Waals surface area contributed by atoms with Crippen LogP contribution in [0.2, 0.25) is 0 Å². The smallest absolute Gasteiger partial charge is 0.122 e. The Morgan fingerprint density at radius 1 is 1.38 bits per heavy atom. The van der Waals surface area contributed by atoms with E-state index in [0.29, 0.717) is 6.04 Å². The second-order valence-electron chi connectivity index (χ2n) is 6.84. The van der Waals surface area contributed by atoms with Gasteiger partial charge in [0, 0.05) is 18.0 Å². The van der Waals surface area contributed by atoms with Crippen molar-refractivity contribution >= 4 is 0 Å². The second kappa shape index (κ2) is 6.80. The minimum Gasteiger partial charge on any atom is -0.490 e. The zero-order valence-corrected chi connectivity index (χ0v) is 13.8. The third kappa shape index (κ3) is 4.21. The highest BCUT2D eigenvalue weighted by molar-refractivity contribution is 5.35. The number of ether oxygens (including phenoxy) is 1. The van der Waals surface area contributed by atoms with Crippen molar-refractivity contribution in [3.05, 3.63) is 29.3 Å². The van der Waals surface area contributed by atoms with Gasteiger partial charge in [-0.1, -0.05) is 31.5 Å². The van der Waals surface area contributed by atoms with Gasteiger partial charge in [0.2, 0.25) is 0 Å². The maximum atomic E-state index is 9.85. The molecule has 2 atom stereocenters. The Bertz CT molecular complexity index is 472. The summed E-state index contributed by atoms with van der Waals surface area (Å²) >= 11 is 0. The first-order valence-corrected chi connectivity index (χ1v) is 8.06. The summed E-state index contributed by atoms with van der Waals surface area (Å²) in [5, 5.41) is 13.4. The third-order valence-corrected chi connectivity index (χ3v) is 4.32. The lowest BCUT2D eigenvalue weighted by molar-refractivity contribution is 0.0458. The minimum atomic E-state index is -0.185. The molecule has 3 heteroatoms. The van der Waals surface area contributed by atoms with Crippen LogP contribution in [-0.4, -0.2) is 29.4 Å². The molecule has 1 aromatic carbocycles. The largest absolute Gasteiger partial charge is 0.490 e. The molecule has 1 saturated carbocycles. The van der Waals surface area contributed by atoms with Gasteiger partial charge in [0.1, 0.15) is 11.9 Å². The number of hydrogen-bond acceptors (Lipinski definition) is 3. The van der Waals surface area contributed by atoms with Gasteiger partial charge in [0.15, 0.2) is 0 Å². The average molecular weight is 291 g/mol. The van der Waals surface area contributed by atoms with Gasteiger partial charge in [-0.2, -0.15) is 0 Å². The number of aryl methyl sites for hydroxylation is 2. The van der Waals surface area contributed by atoms with E-state index in [1.807, 2.05) is 0 Å². The molecule has 0 aliphatic heterocycles. The highest BCUT2D eigenvalue weighted by Crippen LogP contribution is 2.32. The van der Waals surface area contributed by atoms with E-state index in [1.165, 1.54) is 11.1 Å². The molecule has 0 amide bonds. The molecule has 1 aliphatic rings. The van der Waals surface area contributed by atoms with Gasteiger partial charge in [0.25, 0.3) is 0 Å². The van der Waals surface area contributed by atoms with E-state index in [2.05, 4.69) is 51.2 Å². The summed E-state index contributed by atoms with van der Waals surface area (Å²) in [6.07, 6.45) is 4.23. The number of benzene rings is 1. The van der Waals surface area contributed by atoms with E-state index in [4.69, 9.17) is 4.74 Å². The molecular weight excluding hydrogens is 262 g/mol. The van der Waals surface area contributed by atoms with Crippen LogP contribution in [-0.2, 0) is 0 Å². The Kier molecular flexibility index (Phi) is 5.28. The monoisotopic (exact) mass is 291 g/mol. The van der Waals surface area contributed by atoms with Crippen LogP contribution >= 0.6 is 0 Å². The van der Waals surface area contributed by atoms with E-state index in [9.17, 15) is 5.11 Å². The zero-order valence-electron chi connectivity index (χ0n) is 13.8. The normalized spacial score (nSPS) is 26.1. The summed E-state index contributed by atoms with van der Waals surface area (Å²) in [4.78, 5) is 0. The van der Waals surface area contributed by atoms with Gasteiger partial charge in [-0.05, 0) is 44.7 Å². The summed E-state index contributed by atoms with van der Waals surface area (Å²) in [6, 6.07) is 6.69. The molecule has 0 saturated heterocycles. The number of hydrogen-bond donors (Lipinski definition) is 2. The number of nitrogens with one attached hydrogen (secondary N) is 1. The Hall–Kier alpha value is -1.06. The fraction of sp³-hybridized carbons (Fsp3) is 0.667. The lowest BCUT2D eigenvalue weighted by Gasteiger charge is -2.41. The van der Waals surface area contributed by atoms with Crippen molar-refractivity contribution in [2.45, 2.75) is 71.1 Å². The van der Waals surface area contributed by atoms with Crippen molar-refractivity contribution < 1.29 is 9.84 Å². The number of aliphatic hydroxyl groups excluding tert-OH is 1. The molecular formula is C18H29NO2. The summed E-state index contributed by atoms with van der Waals surface area (Å²) in [6.45, 7) is 8.63. The lowest BCUT2D eigenvalue weighted by atomic mass is 9.80. The SMILES string of the molecule is Cc1ccc(OC2CCCC(CO)(NC(C)C)C2)c(C)c1. The van der Waals surface area contributed by atoms with Gasteiger partial charge < -0.3 is 15.2 Å². The van der Waals surface area contributed by atoms with Crippen molar-refractivity contribution in [3.63, 3.8) is 0 Å². The number of rotatable bonds is 5. The van der Waals surface area contributed by atoms with Crippen LogP contribution < -0.4 is 10.1 Å². The van der Waals surface area contributed by atoms with E-state index in [-0.39, 0.29) is 18.2 Å². The highest BCUT2D eigenvalue weighted by atomic mass is 16.5. The molecule has 0 bridgehead atoms. The molecule has 118 valence electrons. The van der Waals surface area contributed by atoms with Crippen molar-refractivity contribution in [2.24, 2.45) is 0 Å². The molecule has 1 aromatic rings. The van der Waals surface area contributed by atoms with Crippen molar-refractivity contribution in [1.82, 2.24) is 5.32 Å². The topological polar surface area (TPSA) is 41.5 Å². The Balaban J connectivity index is 2.06. The van der Waals surface area contributed by atoms with Gasteiger partial charge >= 0.3 is 0 Å². The first-order valence-electron chi connectivity index (χ1n) is 8.06. The van der Waals surface area contributed by atoms with Gasteiger partial charge in [-0.25, -0.2) is 0 Å². The Labute approximate surface area is 128 Å². The third-order valence-electron chi connectivity index (χ3n) is 4.32. The van der Waals surface area contributed by atoms with Crippen molar-refractivity contribution in [2.75, 3.05) is 6.61 Å². The molecule has 21 heavy (non-hydrogen) atoms. The van der Waals surface area contributed by atoms with Gasteiger partial charge in [-0.3, -0.25) is 0 Å². The van der Waals surface area contributed by atoms with Crippen LogP contribution in [0.5, 0.6) is 5.75 Å². The molecule has 1 aliphatic carbocycles. The maximum Gasteiger partial charge on any atom is 0.122 e. The highest BCUT2D eigenvalue weighted by Gasteiger charge is 2.37. The minimum absolute atomic E-state index is 0.178. The van der Waals surface area contributed by atoms with E-state index in [0.717, 1.165) is 31.4 Å². The molecule has 3 nitrogen and oxygen atoms in total. The molecule has 0 heterocycles. The van der Waals surface area contributed by atoms with Crippen LogP contribution in [0.4, 0.5) is 0 Å². The van der Waals surface area contributed by atoms with Crippen molar-refractivity contribution in [3.8, 4) is 5.75 Å². The predicted octanol–water partition coefficient (Wildman–Crippen LogP) is 3.35. The first-order chi connectivity index (χ1) is 9.94. The van der Waals surface area contributed by atoms with E-state index >= 15 is 0 Å². The van der Waals surface area contributed by atoms with Gasteiger partial charge in [-0.15, -0.1) is 0 Å². The fourth-order valence-electron chi connectivity index (χ4n) is 3.45. The lowest BCUT2D eigenvalue weighted by Crippen LogP contribution is -2.55. The average Bonchev–Trinajstić information content (AvgIpc) is 2.41.